The van der Waals surface area contributed by atoms with Crippen molar-refractivity contribution in [3.8, 4) is 22.3 Å². The third kappa shape index (κ3) is 2.97. The number of hydrogen-bond donors (Lipinski definition) is 0. The molecule has 0 atom stereocenters. The van der Waals surface area contributed by atoms with Crippen LogP contribution in [0.1, 0.15) is 81.8 Å². The van der Waals surface area contributed by atoms with Crippen LogP contribution in [0.15, 0.2) is 84.9 Å². The van der Waals surface area contributed by atoms with Crippen molar-refractivity contribution in [1.29, 1.82) is 0 Å². The average molecular weight is 555 g/mol. The van der Waals surface area contributed by atoms with Gasteiger partial charge in [0.1, 0.15) is 0 Å². The summed E-state index contributed by atoms with van der Waals surface area (Å²) in [5.74, 6) is 0. The summed E-state index contributed by atoms with van der Waals surface area (Å²) in [6, 6.07) is 33.4. The second-order valence-corrected chi connectivity index (χ2v) is 15.4. The van der Waals surface area contributed by atoms with E-state index in [1.165, 1.54) is 98.7 Å². The zero-order valence-electron chi connectivity index (χ0n) is 26.6. The highest BCUT2D eigenvalue weighted by Crippen LogP contribution is 2.59. The summed E-state index contributed by atoms with van der Waals surface area (Å²) < 4.78 is 0. The summed E-state index contributed by atoms with van der Waals surface area (Å²) in [6.45, 7) is 19.0. The minimum atomic E-state index is -0.0892. The van der Waals surface area contributed by atoms with E-state index in [0.29, 0.717) is 0 Å². The van der Waals surface area contributed by atoms with Crippen molar-refractivity contribution in [3.63, 3.8) is 0 Å². The Kier molecular flexibility index (Phi) is 4.52. The van der Waals surface area contributed by atoms with Crippen LogP contribution in [0.2, 0.25) is 0 Å². The predicted molar refractivity (Wildman–Crippen MR) is 186 cm³/mol. The van der Waals surface area contributed by atoms with Crippen LogP contribution < -0.4 is 0 Å². The molecule has 0 heterocycles. The molecule has 0 saturated carbocycles. The Morgan fingerprint density at radius 2 is 1.02 bits per heavy atom. The van der Waals surface area contributed by atoms with Crippen molar-refractivity contribution in [2.24, 2.45) is 0 Å². The second kappa shape index (κ2) is 7.67. The number of benzene rings is 7. The van der Waals surface area contributed by atoms with Crippen molar-refractivity contribution in [1.82, 2.24) is 0 Å². The highest BCUT2D eigenvalue weighted by Gasteiger charge is 2.43. The SMILES string of the molecule is Cc1cc2c(c3ccccc13)-c1cc3c(cc1C2(C)C)-c1c(cc2ccc4ccc(C(C)(C)C)c5ccc1c2c45)C3(C)C. The first kappa shape index (κ1) is 25.3. The fraction of sp³-hybridized carbons (Fsp3) is 0.256. The third-order valence-electron chi connectivity index (χ3n) is 11.2. The van der Waals surface area contributed by atoms with Crippen molar-refractivity contribution < 1.29 is 0 Å². The Labute approximate surface area is 254 Å². The standard InChI is InChI=1S/C43H38/c1-23-19-35-39(27-12-10-9-11-26(23)27)30-21-34-31(22-33(30)42(35,5)6)40-29-17-16-28-32(41(2,3)4)18-15-24-13-14-25(38(29)37(24)28)20-36(40)43(34,7)8/h9-22H,1-8H3. The summed E-state index contributed by atoms with van der Waals surface area (Å²) in [5, 5.41) is 11.1. The summed E-state index contributed by atoms with van der Waals surface area (Å²) in [4.78, 5) is 0. The zero-order valence-corrected chi connectivity index (χ0v) is 26.6. The lowest BCUT2D eigenvalue weighted by atomic mass is 9.78. The van der Waals surface area contributed by atoms with Crippen LogP contribution in [0.25, 0.3) is 65.3 Å². The largest absolute Gasteiger partial charge is 0.0616 e. The van der Waals surface area contributed by atoms with E-state index < -0.39 is 0 Å². The van der Waals surface area contributed by atoms with E-state index in [1.807, 2.05) is 0 Å². The maximum Gasteiger partial charge on any atom is 0.0159 e. The topological polar surface area (TPSA) is 0 Å². The van der Waals surface area contributed by atoms with Crippen LogP contribution in [-0.4, -0.2) is 0 Å². The van der Waals surface area contributed by atoms with Crippen LogP contribution in [0.3, 0.4) is 0 Å². The molecular weight excluding hydrogens is 516 g/mol. The molecule has 210 valence electrons. The lowest BCUT2D eigenvalue weighted by Crippen LogP contribution is -2.17. The number of fused-ring (bicyclic) bond motifs is 9. The zero-order chi connectivity index (χ0) is 29.8. The van der Waals surface area contributed by atoms with E-state index in [2.05, 4.69) is 140 Å². The van der Waals surface area contributed by atoms with Crippen molar-refractivity contribution in [2.75, 3.05) is 0 Å². The van der Waals surface area contributed by atoms with Crippen molar-refractivity contribution >= 4 is 43.1 Å². The Hall–Kier alpha value is -4.16. The first-order valence-electron chi connectivity index (χ1n) is 15.9. The van der Waals surface area contributed by atoms with Gasteiger partial charge in [0.25, 0.3) is 0 Å². The monoisotopic (exact) mass is 554 g/mol. The van der Waals surface area contributed by atoms with Crippen LogP contribution in [0, 0.1) is 6.92 Å². The molecule has 43 heavy (non-hydrogen) atoms. The molecule has 0 spiro atoms. The highest BCUT2D eigenvalue weighted by atomic mass is 14.5. The van der Waals surface area contributed by atoms with E-state index in [9.17, 15) is 0 Å². The second-order valence-electron chi connectivity index (χ2n) is 15.4. The predicted octanol–water partition coefficient (Wildman–Crippen LogP) is 12.0. The molecule has 2 aliphatic rings. The fourth-order valence-corrected chi connectivity index (χ4v) is 8.99. The van der Waals surface area contributed by atoms with E-state index in [0.717, 1.165) is 0 Å². The quantitative estimate of drug-likeness (QED) is 0.164. The van der Waals surface area contributed by atoms with Gasteiger partial charge in [-0.25, -0.2) is 0 Å². The Morgan fingerprint density at radius 3 is 1.70 bits per heavy atom. The molecule has 0 N–H and O–H groups in total. The Balaban J connectivity index is 1.40. The van der Waals surface area contributed by atoms with Gasteiger partial charge < -0.3 is 0 Å². The lowest BCUT2D eigenvalue weighted by molar-refractivity contribution is 0.596. The van der Waals surface area contributed by atoms with Gasteiger partial charge in [-0.2, -0.15) is 0 Å². The summed E-state index contributed by atoms with van der Waals surface area (Å²) in [5.41, 5.74) is 14.3. The molecule has 0 radical (unpaired) electrons. The van der Waals surface area contributed by atoms with Crippen LogP contribution in [0.5, 0.6) is 0 Å². The Morgan fingerprint density at radius 1 is 0.488 bits per heavy atom. The van der Waals surface area contributed by atoms with E-state index in [4.69, 9.17) is 0 Å². The number of rotatable bonds is 0. The molecule has 0 fully saturated rings. The Bertz CT molecular complexity index is 2370. The third-order valence-corrected chi connectivity index (χ3v) is 11.2. The van der Waals surface area contributed by atoms with Gasteiger partial charge in [0.2, 0.25) is 0 Å². The molecule has 0 aromatic heterocycles. The van der Waals surface area contributed by atoms with E-state index in [-0.39, 0.29) is 16.2 Å². The van der Waals surface area contributed by atoms with Gasteiger partial charge in [-0.15, -0.1) is 0 Å². The fourth-order valence-electron chi connectivity index (χ4n) is 8.99. The molecule has 2 aliphatic carbocycles. The lowest BCUT2D eigenvalue weighted by Gasteiger charge is -2.25. The van der Waals surface area contributed by atoms with E-state index >= 15 is 0 Å². The van der Waals surface area contributed by atoms with Gasteiger partial charge >= 0.3 is 0 Å². The van der Waals surface area contributed by atoms with Gasteiger partial charge in [-0.1, -0.05) is 115 Å². The summed E-state index contributed by atoms with van der Waals surface area (Å²) in [7, 11) is 0. The molecule has 0 nitrogen and oxygen atoms in total. The van der Waals surface area contributed by atoms with Crippen LogP contribution >= 0.6 is 0 Å². The molecular formula is C43H38. The summed E-state index contributed by atoms with van der Waals surface area (Å²) >= 11 is 0. The van der Waals surface area contributed by atoms with Crippen molar-refractivity contribution in [2.45, 2.75) is 71.6 Å². The van der Waals surface area contributed by atoms with Gasteiger partial charge in [0.05, 0.1) is 0 Å². The first-order chi connectivity index (χ1) is 20.4. The van der Waals surface area contributed by atoms with Crippen LogP contribution in [-0.2, 0) is 16.2 Å². The maximum atomic E-state index is 2.58. The van der Waals surface area contributed by atoms with Gasteiger partial charge in [-0.3, -0.25) is 0 Å². The smallest absolute Gasteiger partial charge is 0.0159 e. The molecule has 9 rings (SSSR count). The molecule has 0 heteroatoms. The molecule has 0 bridgehead atoms. The van der Waals surface area contributed by atoms with Gasteiger partial charge in [0, 0.05) is 10.8 Å². The highest BCUT2D eigenvalue weighted by molar-refractivity contribution is 6.27. The van der Waals surface area contributed by atoms with Gasteiger partial charge in [-0.05, 0) is 129 Å². The van der Waals surface area contributed by atoms with Crippen LogP contribution in [0.4, 0.5) is 0 Å². The molecule has 0 amide bonds. The molecule has 0 aliphatic heterocycles. The summed E-state index contributed by atoms with van der Waals surface area (Å²) in [6.07, 6.45) is 0. The minimum absolute atomic E-state index is 0.0627. The first-order valence-corrected chi connectivity index (χ1v) is 15.9. The number of hydrogen-bond acceptors (Lipinski definition) is 0. The van der Waals surface area contributed by atoms with E-state index in [1.54, 1.807) is 0 Å². The van der Waals surface area contributed by atoms with Gasteiger partial charge in [0.15, 0.2) is 0 Å². The normalized spacial score (nSPS) is 16.3. The average Bonchev–Trinajstić information content (AvgIpc) is 3.33. The number of aryl methyl sites for hydroxylation is 1. The molecule has 7 aromatic rings. The molecule has 0 saturated heterocycles. The minimum Gasteiger partial charge on any atom is -0.0616 e. The van der Waals surface area contributed by atoms with Crippen molar-refractivity contribution in [3.05, 3.63) is 118 Å². The maximum absolute atomic E-state index is 2.58. The molecule has 0 unspecified atom stereocenters. The molecule has 7 aromatic carbocycles.